The summed E-state index contributed by atoms with van der Waals surface area (Å²) in [5.41, 5.74) is -1.41. The van der Waals surface area contributed by atoms with Gasteiger partial charge in [0.15, 0.2) is 5.78 Å². The number of aliphatic hydroxyl groups excluding tert-OH is 1. The molecule has 10 aliphatic carbocycles. The third-order valence-corrected chi connectivity index (χ3v) is 18.6. The Bertz CT molecular complexity index is 1860. The first-order valence-corrected chi connectivity index (χ1v) is 22.0. The second-order valence-corrected chi connectivity index (χ2v) is 21.7. The molecule has 7 fully saturated rings. The molecule has 7 saturated carbocycles. The highest BCUT2D eigenvalue weighted by atomic mass is 32.1. The monoisotopic (exact) mass is 736 g/mol. The number of amides is 2. The average Bonchev–Trinajstić information content (AvgIpc) is 3.65. The number of hydrogen-bond donors (Lipinski definition) is 3. The number of Topliss-reactive ketones (excluding diaryl/α,β-unsaturated/α-hetero) is 1. The van der Waals surface area contributed by atoms with Crippen LogP contribution in [0.4, 0.5) is 4.79 Å². The smallest absolute Gasteiger partial charge is 0.317 e. The highest BCUT2D eigenvalue weighted by Gasteiger charge is 2.74. The summed E-state index contributed by atoms with van der Waals surface area (Å²) >= 11 is 1.59. The van der Waals surface area contributed by atoms with Gasteiger partial charge >= 0.3 is 6.03 Å². The van der Waals surface area contributed by atoms with E-state index in [1.807, 2.05) is 26.0 Å². The number of nitrogens with one attached hydrogen (secondary N) is 1. The molecule has 8 unspecified atom stereocenters. The number of allylic oxidation sites excluding steroid dienone is 4. The molecule has 1 aromatic carbocycles. The summed E-state index contributed by atoms with van der Waals surface area (Å²) in [6.07, 6.45) is 20.2. The number of thiophene rings is 1. The third-order valence-electron chi connectivity index (χ3n) is 17.4. The molecule has 2 aromatic rings. The maximum Gasteiger partial charge on any atom is 0.317 e. The Balaban J connectivity index is 1.04. The quantitative estimate of drug-likeness (QED) is 0.195. The zero-order chi connectivity index (χ0) is 36.8. The van der Waals surface area contributed by atoms with Gasteiger partial charge in [0.25, 0.3) is 0 Å². The molecule has 2 amide bonds. The lowest BCUT2D eigenvalue weighted by Crippen LogP contribution is -2.67. The van der Waals surface area contributed by atoms with Crippen molar-refractivity contribution in [2.45, 2.75) is 129 Å². The fourth-order valence-corrected chi connectivity index (χ4v) is 16.6. The molecular formula is C46H60N2O4S. The summed E-state index contributed by atoms with van der Waals surface area (Å²) < 4.78 is 1.13. The van der Waals surface area contributed by atoms with Gasteiger partial charge in [0.1, 0.15) is 0 Å². The van der Waals surface area contributed by atoms with Crippen molar-refractivity contribution in [3.63, 3.8) is 0 Å². The van der Waals surface area contributed by atoms with Crippen LogP contribution in [0.15, 0.2) is 54.1 Å². The predicted molar refractivity (Wildman–Crippen MR) is 211 cm³/mol. The molecule has 1 aromatic heterocycles. The predicted octanol–water partition coefficient (Wildman–Crippen LogP) is 9.31. The molecule has 12 rings (SSSR count). The Hall–Kier alpha value is -2.48. The number of hydrogen-bond acceptors (Lipinski definition) is 5. The van der Waals surface area contributed by atoms with Gasteiger partial charge < -0.3 is 20.4 Å². The van der Waals surface area contributed by atoms with E-state index in [-0.39, 0.29) is 52.0 Å². The minimum Gasteiger partial charge on any atom is -0.393 e. The molecule has 1 heterocycles. The Labute approximate surface area is 319 Å². The van der Waals surface area contributed by atoms with Crippen molar-refractivity contribution in [2.24, 2.45) is 56.7 Å². The van der Waals surface area contributed by atoms with Crippen LogP contribution in [0.1, 0.15) is 121 Å². The SMILES string of the molecule is CC(C)NC(=O)N(CC12CC3CC(CC(C3)C1)C2)CC1(O)CCC2C34C=CC5(C=C3C(=O)c3cc6ccccc6s3)CC(O)CCC5(C)C4CCC21C. The first-order chi connectivity index (χ1) is 25.2. The normalized spacial score (nSPS) is 45.9. The summed E-state index contributed by atoms with van der Waals surface area (Å²) in [7, 11) is 0. The lowest BCUT2D eigenvalue weighted by molar-refractivity contribution is -0.176. The van der Waals surface area contributed by atoms with Crippen molar-refractivity contribution in [3.05, 3.63) is 59.0 Å². The van der Waals surface area contributed by atoms with E-state index < -0.39 is 16.4 Å². The Kier molecular flexibility index (Phi) is 7.61. The van der Waals surface area contributed by atoms with Crippen LogP contribution < -0.4 is 5.32 Å². The van der Waals surface area contributed by atoms with Crippen LogP contribution in [0.5, 0.6) is 0 Å². The van der Waals surface area contributed by atoms with Crippen molar-refractivity contribution in [3.8, 4) is 0 Å². The number of aliphatic hydroxyl groups is 2. The standard InChI is InChI=1S/C46H60N2O4S/c1-28(2)47-40(51)48(26-43-21-29-17-30(22-43)19-31(18-29)23-43)27-45(52)14-11-38-42(45,4)13-10-37-41(3)12-9-33(49)24-44(41)15-16-46(37,38)34(25-44)39(50)36-20-32-7-5-6-8-35(32)53-36/h5-8,15-16,20,25,28-31,33,37-38,49,52H,9-14,17-19,21-24,26-27H2,1-4H3,(H,47,51). The molecule has 10 aliphatic rings. The van der Waals surface area contributed by atoms with Crippen LogP contribution in [0.3, 0.4) is 0 Å². The summed E-state index contributed by atoms with van der Waals surface area (Å²) in [5, 5.41) is 28.8. The number of carbonyl (C=O) groups is 2. The number of nitrogens with zero attached hydrogens (tertiary/aromatic N) is 1. The van der Waals surface area contributed by atoms with E-state index >= 15 is 4.79 Å². The molecule has 3 N–H and O–H groups in total. The minimum atomic E-state index is -1.07. The number of benzene rings is 1. The highest BCUT2D eigenvalue weighted by molar-refractivity contribution is 7.21. The van der Waals surface area contributed by atoms with E-state index in [0.717, 1.165) is 76.9 Å². The fraction of sp³-hybridized carbons (Fsp3) is 0.696. The molecule has 7 heteroatoms. The van der Waals surface area contributed by atoms with Crippen LogP contribution in [-0.2, 0) is 0 Å². The van der Waals surface area contributed by atoms with E-state index in [2.05, 4.69) is 60.5 Å². The maximum atomic E-state index is 15.2. The summed E-state index contributed by atoms with van der Waals surface area (Å²) in [4.78, 5) is 32.3. The Morgan fingerprint density at radius 3 is 2.25 bits per heavy atom. The van der Waals surface area contributed by atoms with E-state index in [9.17, 15) is 15.0 Å². The third kappa shape index (κ3) is 4.81. The van der Waals surface area contributed by atoms with Crippen molar-refractivity contribution in [1.29, 1.82) is 0 Å². The van der Waals surface area contributed by atoms with E-state index in [0.29, 0.717) is 19.4 Å². The van der Waals surface area contributed by atoms with Crippen LogP contribution in [0.2, 0.25) is 0 Å². The number of urea groups is 1. The molecule has 8 atom stereocenters. The Morgan fingerprint density at radius 1 is 0.887 bits per heavy atom. The second-order valence-electron chi connectivity index (χ2n) is 20.7. The van der Waals surface area contributed by atoms with Gasteiger partial charge in [-0.2, -0.15) is 0 Å². The average molecular weight is 737 g/mol. The summed E-state index contributed by atoms with van der Waals surface area (Å²) in [5.74, 6) is 2.83. The van der Waals surface area contributed by atoms with Crippen molar-refractivity contribution < 1.29 is 19.8 Å². The van der Waals surface area contributed by atoms with Gasteiger partial charge in [0.2, 0.25) is 0 Å². The lowest BCUT2D eigenvalue weighted by Gasteiger charge is -2.71. The van der Waals surface area contributed by atoms with E-state index in [4.69, 9.17) is 0 Å². The van der Waals surface area contributed by atoms with Gasteiger partial charge in [0.05, 0.1) is 23.1 Å². The highest BCUT2D eigenvalue weighted by Crippen LogP contribution is 2.78. The van der Waals surface area contributed by atoms with Crippen LogP contribution in [0, 0.1) is 56.7 Å². The molecule has 6 bridgehead atoms. The van der Waals surface area contributed by atoms with E-state index in [1.165, 1.54) is 38.5 Å². The molecular weight excluding hydrogens is 677 g/mol. The largest absolute Gasteiger partial charge is 0.393 e. The van der Waals surface area contributed by atoms with Gasteiger partial charge in [-0.05, 0) is 155 Å². The van der Waals surface area contributed by atoms with Crippen molar-refractivity contribution in [2.75, 3.05) is 13.1 Å². The van der Waals surface area contributed by atoms with Gasteiger partial charge in [-0.15, -0.1) is 11.3 Å². The zero-order valence-corrected chi connectivity index (χ0v) is 33.1. The van der Waals surface area contributed by atoms with Crippen LogP contribution in [0.25, 0.3) is 10.1 Å². The number of fused-ring (bicyclic) bond motifs is 2. The fourth-order valence-electron chi connectivity index (χ4n) is 15.6. The van der Waals surface area contributed by atoms with Crippen molar-refractivity contribution in [1.82, 2.24) is 10.2 Å². The number of carbonyl (C=O) groups excluding carboxylic acids is 2. The van der Waals surface area contributed by atoms with Crippen LogP contribution in [-0.4, -0.2) is 57.8 Å². The molecule has 284 valence electrons. The minimum absolute atomic E-state index is 0.0227. The molecule has 2 spiro atoms. The second kappa shape index (κ2) is 11.5. The van der Waals surface area contributed by atoms with Gasteiger partial charge in [-0.3, -0.25) is 4.79 Å². The van der Waals surface area contributed by atoms with Gasteiger partial charge in [-0.25, -0.2) is 4.79 Å². The summed E-state index contributed by atoms with van der Waals surface area (Å²) in [6.45, 7) is 9.93. The molecule has 0 saturated heterocycles. The van der Waals surface area contributed by atoms with Crippen molar-refractivity contribution >= 4 is 33.2 Å². The Morgan fingerprint density at radius 2 is 1.55 bits per heavy atom. The summed E-state index contributed by atoms with van der Waals surface area (Å²) in [6, 6.07) is 10.3. The molecule has 53 heavy (non-hydrogen) atoms. The van der Waals surface area contributed by atoms with E-state index in [1.54, 1.807) is 11.3 Å². The first kappa shape index (κ1) is 35.0. The molecule has 0 radical (unpaired) electrons. The lowest BCUT2D eigenvalue weighted by atomic mass is 9.32. The molecule has 6 nitrogen and oxygen atoms in total. The topological polar surface area (TPSA) is 89.9 Å². The maximum absolute atomic E-state index is 15.2. The number of rotatable bonds is 7. The number of ketones is 1. The van der Waals surface area contributed by atoms with Gasteiger partial charge in [-0.1, -0.05) is 50.3 Å². The van der Waals surface area contributed by atoms with Crippen LogP contribution >= 0.6 is 11.3 Å². The van der Waals surface area contributed by atoms with Gasteiger partial charge in [0, 0.05) is 39.1 Å². The zero-order valence-electron chi connectivity index (χ0n) is 32.3. The molecule has 0 aliphatic heterocycles. The first-order valence-electron chi connectivity index (χ1n) is 21.1.